The molecule has 146 valence electrons. The minimum Gasteiger partial charge on any atom is -0.352 e. The second-order valence-electron chi connectivity index (χ2n) is 8.17. The van der Waals surface area contributed by atoms with Gasteiger partial charge in [-0.2, -0.15) is 0 Å². The summed E-state index contributed by atoms with van der Waals surface area (Å²) < 4.78 is 2.48. The lowest BCUT2D eigenvalue weighted by atomic mass is 10.2. The molecule has 1 aromatic heterocycles. The first-order valence-corrected chi connectivity index (χ1v) is 10.8. The second kappa shape index (κ2) is 8.32. The lowest BCUT2D eigenvalue weighted by Gasteiger charge is -2.23. The predicted molar refractivity (Wildman–Crippen MR) is 110 cm³/mol. The SMILES string of the molecule is CCCCCC(=O)N[C@H]1CCN(c2nc3ccccc3n2C2CCCC2)C1. The molecule has 5 nitrogen and oxygen atoms in total. The molecule has 1 saturated carbocycles. The van der Waals surface area contributed by atoms with Crippen LogP contribution in [0.15, 0.2) is 24.3 Å². The third kappa shape index (κ3) is 3.97. The number of imidazole rings is 1. The third-order valence-electron chi connectivity index (χ3n) is 6.11. The van der Waals surface area contributed by atoms with Gasteiger partial charge < -0.3 is 14.8 Å². The Morgan fingerprint density at radius 1 is 1.19 bits per heavy atom. The van der Waals surface area contributed by atoms with Crippen LogP contribution >= 0.6 is 0 Å². The fraction of sp³-hybridized carbons (Fsp3) is 0.636. The summed E-state index contributed by atoms with van der Waals surface area (Å²) in [6, 6.07) is 9.32. The number of nitrogens with zero attached hydrogens (tertiary/aromatic N) is 3. The maximum Gasteiger partial charge on any atom is 0.220 e. The molecule has 27 heavy (non-hydrogen) atoms. The maximum atomic E-state index is 12.2. The summed E-state index contributed by atoms with van der Waals surface area (Å²) in [7, 11) is 0. The van der Waals surface area contributed by atoms with Crippen molar-refractivity contribution in [3.8, 4) is 0 Å². The van der Waals surface area contributed by atoms with Gasteiger partial charge in [0.05, 0.1) is 11.0 Å². The number of carbonyl (C=O) groups excluding carboxylic acids is 1. The van der Waals surface area contributed by atoms with Crippen molar-refractivity contribution in [1.82, 2.24) is 14.9 Å². The van der Waals surface area contributed by atoms with E-state index >= 15 is 0 Å². The third-order valence-corrected chi connectivity index (χ3v) is 6.11. The quantitative estimate of drug-likeness (QED) is 0.736. The number of amides is 1. The number of hydrogen-bond acceptors (Lipinski definition) is 3. The highest BCUT2D eigenvalue weighted by atomic mass is 16.1. The van der Waals surface area contributed by atoms with Crippen LogP contribution in [-0.2, 0) is 4.79 Å². The van der Waals surface area contributed by atoms with E-state index in [2.05, 4.69) is 46.0 Å². The zero-order valence-electron chi connectivity index (χ0n) is 16.5. The van der Waals surface area contributed by atoms with Crippen LogP contribution in [-0.4, -0.2) is 34.6 Å². The lowest BCUT2D eigenvalue weighted by molar-refractivity contribution is -0.121. The molecule has 0 radical (unpaired) electrons. The molecule has 2 aliphatic rings. The minimum absolute atomic E-state index is 0.208. The van der Waals surface area contributed by atoms with Gasteiger partial charge in [0.15, 0.2) is 0 Å². The van der Waals surface area contributed by atoms with Crippen molar-refractivity contribution in [2.45, 2.75) is 76.8 Å². The van der Waals surface area contributed by atoms with E-state index < -0.39 is 0 Å². The van der Waals surface area contributed by atoms with E-state index in [-0.39, 0.29) is 11.9 Å². The fourth-order valence-electron chi connectivity index (χ4n) is 4.67. The van der Waals surface area contributed by atoms with Crippen LogP contribution in [0.4, 0.5) is 5.95 Å². The Balaban J connectivity index is 1.48. The summed E-state index contributed by atoms with van der Waals surface area (Å²) in [5.41, 5.74) is 2.35. The molecule has 1 aliphatic carbocycles. The molecular formula is C22H32N4O. The van der Waals surface area contributed by atoms with Crippen LogP contribution in [0, 0.1) is 0 Å². The molecule has 2 fully saturated rings. The molecule has 2 heterocycles. The van der Waals surface area contributed by atoms with Crippen molar-refractivity contribution >= 4 is 22.9 Å². The van der Waals surface area contributed by atoms with Crippen molar-refractivity contribution in [3.05, 3.63) is 24.3 Å². The van der Waals surface area contributed by atoms with Crippen LogP contribution in [0.25, 0.3) is 11.0 Å². The van der Waals surface area contributed by atoms with Crippen LogP contribution in [0.3, 0.4) is 0 Å². The first-order valence-electron chi connectivity index (χ1n) is 10.8. The van der Waals surface area contributed by atoms with Gasteiger partial charge in [0.25, 0.3) is 0 Å². The zero-order chi connectivity index (χ0) is 18.6. The summed E-state index contributed by atoms with van der Waals surface area (Å²) >= 11 is 0. The molecule has 1 atom stereocenters. The normalized spacial score (nSPS) is 20.6. The summed E-state index contributed by atoms with van der Waals surface area (Å²) in [5.74, 6) is 1.31. The highest BCUT2D eigenvalue weighted by Gasteiger charge is 2.30. The number of fused-ring (bicyclic) bond motifs is 1. The van der Waals surface area contributed by atoms with Gasteiger partial charge in [-0.25, -0.2) is 4.98 Å². The largest absolute Gasteiger partial charge is 0.352 e. The average molecular weight is 369 g/mol. The molecule has 4 rings (SSSR count). The molecule has 2 aromatic rings. The molecule has 1 aliphatic heterocycles. The van der Waals surface area contributed by atoms with Gasteiger partial charge in [0.2, 0.25) is 11.9 Å². The summed E-state index contributed by atoms with van der Waals surface area (Å²) in [5, 5.41) is 3.24. The fourth-order valence-corrected chi connectivity index (χ4v) is 4.67. The van der Waals surface area contributed by atoms with Crippen molar-refractivity contribution in [2.75, 3.05) is 18.0 Å². The number of benzene rings is 1. The first kappa shape index (κ1) is 18.3. The number of para-hydroxylation sites is 2. The van der Waals surface area contributed by atoms with Crippen molar-refractivity contribution in [2.24, 2.45) is 0 Å². The number of anilines is 1. The second-order valence-corrected chi connectivity index (χ2v) is 8.17. The Labute approximate surface area is 162 Å². The van der Waals surface area contributed by atoms with E-state index in [0.717, 1.165) is 50.2 Å². The highest BCUT2D eigenvalue weighted by molar-refractivity contribution is 5.79. The molecule has 0 bridgehead atoms. The summed E-state index contributed by atoms with van der Waals surface area (Å²) in [6.07, 6.45) is 10.1. The summed E-state index contributed by atoms with van der Waals surface area (Å²) in [4.78, 5) is 19.6. The van der Waals surface area contributed by atoms with E-state index in [1.165, 1.54) is 31.2 Å². The number of aromatic nitrogens is 2. The summed E-state index contributed by atoms with van der Waals surface area (Å²) in [6.45, 7) is 4.01. The van der Waals surface area contributed by atoms with Gasteiger partial charge in [-0.3, -0.25) is 4.79 Å². The topological polar surface area (TPSA) is 50.2 Å². The smallest absolute Gasteiger partial charge is 0.220 e. The molecule has 5 heteroatoms. The van der Waals surface area contributed by atoms with E-state index in [9.17, 15) is 4.79 Å². The van der Waals surface area contributed by atoms with Crippen LogP contribution < -0.4 is 10.2 Å². The molecule has 0 spiro atoms. The van der Waals surface area contributed by atoms with Crippen LogP contribution in [0.1, 0.15) is 70.8 Å². The number of unbranched alkanes of at least 4 members (excludes halogenated alkanes) is 2. The Kier molecular flexibility index (Phi) is 5.65. The molecule has 1 aromatic carbocycles. The number of rotatable bonds is 7. The monoisotopic (exact) mass is 368 g/mol. The standard InChI is InChI=1S/C22H32N4O/c1-2-3-4-13-21(27)23-17-14-15-25(16-17)22-24-19-11-7-8-12-20(19)26(22)18-9-5-6-10-18/h7-8,11-12,17-18H,2-6,9-10,13-16H2,1H3,(H,23,27)/t17-/m0/s1. The number of carbonyl (C=O) groups is 1. The van der Waals surface area contributed by atoms with E-state index in [1.54, 1.807) is 0 Å². The van der Waals surface area contributed by atoms with Gasteiger partial charge in [-0.15, -0.1) is 0 Å². The van der Waals surface area contributed by atoms with Gasteiger partial charge in [-0.05, 0) is 37.8 Å². The average Bonchev–Trinajstić information content (AvgIpc) is 3.40. The first-order chi connectivity index (χ1) is 13.3. The molecule has 1 saturated heterocycles. The Morgan fingerprint density at radius 3 is 2.81 bits per heavy atom. The van der Waals surface area contributed by atoms with Crippen LogP contribution in [0.2, 0.25) is 0 Å². The van der Waals surface area contributed by atoms with Crippen LogP contribution in [0.5, 0.6) is 0 Å². The zero-order valence-corrected chi connectivity index (χ0v) is 16.5. The van der Waals surface area contributed by atoms with E-state index in [4.69, 9.17) is 4.98 Å². The van der Waals surface area contributed by atoms with Crippen molar-refractivity contribution < 1.29 is 4.79 Å². The minimum atomic E-state index is 0.208. The number of hydrogen-bond donors (Lipinski definition) is 1. The van der Waals surface area contributed by atoms with Gasteiger partial charge >= 0.3 is 0 Å². The van der Waals surface area contributed by atoms with Crippen molar-refractivity contribution in [1.29, 1.82) is 0 Å². The Bertz CT molecular complexity index is 778. The lowest BCUT2D eigenvalue weighted by Crippen LogP contribution is -2.37. The van der Waals surface area contributed by atoms with Gasteiger partial charge in [0, 0.05) is 31.6 Å². The molecule has 0 unspecified atom stereocenters. The predicted octanol–water partition coefficient (Wildman–Crippen LogP) is 4.43. The molecular weight excluding hydrogens is 336 g/mol. The molecule has 1 amide bonds. The Morgan fingerprint density at radius 2 is 2.00 bits per heavy atom. The van der Waals surface area contributed by atoms with E-state index in [1.807, 2.05) is 0 Å². The molecule has 1 N–H and O–H groups in total. The maximum absolute atomic E-state index is 12.2. The highest BCUT2D eigenvalue weighted by Crippen LogP contribution is 2.37. The van der Waals surface area contributed by atoms with Gasteiger partial charge in [0.1, 0.15) is 0 Å². The Hall–Kier alpha value is -2.04. The van der Waals surface area contributed by atoms with Gasteiger partial charge in [-0.1, -0.05) is 44.7 Å². The van der Waals surface area contributed by atoms with E-state index in [0.29, 0.717) is 12.5 Å². The number of nitrogens with one attached hydrogen (secondary N) is 1. The van der Waals surface area contributed by atoms with Crippen molar-refractivity contribution in [3.63, 3.8) is 0 Å².